The van der Waals surface area contributed by atoms with Crippen molar-refractivity contribution in [1.82, 2.24) is 0 Å². The van der Waals surface area contributed by atoms with Crippen LogP contribution in [0.3, 0.4) is 0 Å². The van der Waals surface area contributed by atoms with E-state index in [-0.39, 0.29) is 0 Å². The summed E-state index contributed by atoms with van der Waals surface area (Å²) in [6, 6.07) is 0. The van der Waals surface area contributed by atoms with Gasteiger partial charge in [-0.15, -0.1) is 0 Å². The van der Waals surface area contributed by atoms with Crippen molar-refractivity contribution in [1.29, 1.82) is 0 Å². The fourth-order valence-corrected chi connectivity index (χ4v) is 0.395. The van der Waals surface area contributed by atoms with Crippen LogP contribution in [0, 0.1) is 5.41 Å². The van der Waals surface area contributed by atoms with Crippen molar-refractivity contribution in [2.24, 2.45) is 10.6 Å². The summed E-state index contributed by atoms with van der Waals surface area (Å²) in [5.74, 6) is 0. The molecule has 0 aromatic carbocycles. The Morgan fingerprint density at radius 2 is 1.73 bits per heavy atom. The Kier molecular flexibility index (Phi) is 4.16. The molecule has 0 radical (unpaired) electrons. The van der Waals surface area contributed by atoms with Crippen LogP contribution in [0.1, 0.15) is 41.0 Å². The van der Waals surface area contributed by atoms with Crippen LogP contribution in [-0.2, 0) is 4.84 Å². The van der Waals surface area contributed by atoms with Crippen molar-refractivity contribution in [2.75, 3.05) is 6.61 Å². The quantitative estimate of drug-likeness (QED) is 0.530. The van der Waals surface area contributed by atoms with Crippen molar-refractivity contribution < 1.29 is 4.84 Å². The predicted molar refractivity (Wildman–Crippen MR) is 48.8 cm³/mol. The lowest BCUT2D eigenvalue weighted by atomic mass is 10.0. The van der Waals surface area contributed by atoms with Crippen LogP contribution in [0.5, 0.6) is 0 Å². The zero-order valence-electron chi connectivity index (χ0n) is 8.27. The van der Waals surface area contributed by atoms with Gasteiger partial charge in [-0.05, 0) is 12.3 Å². The largest absolute Gasteiger partial charge is 0.395 e. The molecule has 2 heteroatoms. The van der Waals surface area contributed by atoms with Crippen LogP contribution < -0.4 is 0 Å². The average Bonchev–Trinajstić information content (AvgIpc) is 2.12. The maximum absolute atomic E-state index is 4.64. The van der Waals surface area contributed by atoms with E-state index in [1.807, 2.05) is 6.92 Å². The third-order valence-electron chi connectivity index (χ3n) is 0.776. The van der Waals surface area contributed by atoms with Gasteiger partial charge in [-0.3, -0.25) is 0 Å². The first-order valence-electron chi connectivity index (χ1n) is 4.05. The van der Waals surface area contributed by atoms with E-state index in [1.165, 1.54) is 0 Å². The molecule has 0 atom stereocenters. The molecule has 0 aliphatic carbocycles. The van der Waals surface area contributed by atoms with Gasteiger partial charge in [-0.1, -0.05) is 32.9 Å². The molecule has 0 unspecified atom stereocenters. The van der Waals surface area contributed by atoms with Crippen molar-refractivity contribution in [3.63, 3.8) is 0 Å². The van der Waals surface area contributed by atoms with Crippen LogP contribution in [0.25, 0.3) is 0 Å². The minimum atomic E-state index is 0.500. The second-order valence-corrected chi connectivity index (χ2v) is 4.41. The summed E-state index contributed by atoms with van der Waals surface area (Å²) in [6.07, 6.45) is 1.01. The zero-order chi connectivity index (χ0) is 8.91. The Balaban J connectivity index is 0.000000187. The van der Waals surface area contributed by atoms with Gasteiger partial charge in [-0.2, -0.15) is 0 Å². The molecular weight excluding hydrogens is 138 g/mol. The first kappa shape index (κ1) is 10.5. The number of rotatable bonds is 0. The van der Waals surface area contributed by atoms with Crippen molar-refractivity contribution in [3.8, 4) is 0 Å². The van der Waals surface area contributed by atoms with Crippen LogP contribution in [0.2, 0.25) is 0 Å². The van der Waals surface area contributed by atoms with Gasteiger partial charge in [0.1, 0.15) is 6.61 Å². The highest BCUT2D eigenvalue weighted by molar-refractivity contribution is 5.82. The Labute approximate surface area is 69.6 Å². The molecule has 0 aromatic heterocycles. The summed E-state index contributed by atoms with van der Waals surface area (Å²) in [6.45, 7) is 11.5. The molecule has 0 amide bonds. The van der Waals surface area contributed by atoms with Gasteiger partial charge in [0.05, 0.1) is 5.71 Å². The lowest BCUT2D eigenvalue weighted by Crippen LogP contribution is -1.93. The van der Waals surface area contributed by atoms with E-state index >= 15 is 0 Å². The van der Waals surface area contributed by atoms with Gasteiger partial charge >= 0.3 is 0 Å². The third-order valence-corrected chi connectivity index (χ3v) is 0.776. The standard InChI is InChI=1S/C5H12.C4H7NO/c1-5(2,3)4;1-4-2-3-6-5-4/h1-4H3;2-3H2,1H3. The number of hydrogen-bond donors (Lipinski definition) is 0. The van der Waals surface area contributed by atoms with E-state index in [1.54, 1.807) is 0 Å². The van der Waals surface area contributed by atoms with E-state index in [0.717, 1.165) is 18.7 Å². The fourth-order valence-electron chi connectivity index (χ4n) is 0.395. The summed E-state index contributed by atoms with van der Waals surface area (Å²) in [5, 5.41) is 3.65. The van der Waals surface area contributed by atoms with Crippen molar-refractivity contribution in [2.45, 2.75) is 41.0 Å². The normalized spacial score (nSPS) is 16.3. The molecule has 0 N–H and O–H groups in total. The molecule has 1 aliphatic rings. The Bertz CT molecular complexity index is 127. The maximum Gasteiger partial charge on any atom is 0.122 e. The highest BCUT2D eigenvalue weighted by Crippen LogP contribution is 2.08. The second kappa shape index (κ2) is 4.37. The monoisotopic (exact) mass is 157 g/mol. The van der Waals surface area contributed by atoms with E-state index in [4.69, 9.17) is 0 Å². The molecule has 1 rings (SSSR count). The molecule has 66 valence electrons. The Morgan fingerprint density at radius 3 is 1.82 bits per heavy atom. The molecule has 0 spiro atoms. The van der Waals surface area contributed by atoms with Crippen LogP contribution >= 0.6 is 0 Å². The van der Waals surface area contributed by atoms with E-state index in [2.05, 4.69) is 37.7 Å². The summed E-state index contributed by atoms with van der Waals surface area (Å²) in [7, 11) is 0. The molecule has 0 bridgehead atoms. The van der Waals surface area contributed by atoms with Gasteiger partial charge in [-0.25, -0.2) is 0 Å². The maximum atomic E-state index is 4.64. The van der Waals surface area contributed by atoms with Crippen molar-refractivity contribution >= 4 is 5.71 Å². The van der Waals surface area contributed by atoms with E-state index in [9.17, 15) is 0 Å². The zero-order valence-corrected chi connectivity index (χ0v) is 8.27. The molecule has 1 heterocycles. The summed E-state index contributed by atoms with van der Waals surface area (Å²) < 4.78 is 0. The summed E-state index contributed by atoms with van der Waals surface area (Å²) >= 11 is 0. The molecule has 0 saturated carbocycles. The smallest absolute Gasteiger partial charge is 0.122 e. The SMILES string of the molecule is CC(C)(C)C.CC1=NOCC1. The molecule has 2 nitrogen and oxygen atoms in total. The van der Waals surface area contributed by atoms with E-state index < -0.39 is 0 Å². The van der Waals surface area contributed by atoms with Gasteiger partial charge in [0.25, 0.3) is 0 Å². The highest BCUT2D eigenvalue weighted by Gasteiger charge is 1.98. The molecule has 11 heavy (non-hydrogen) atoms. The number of oxime groups is 1. The Hall–Kier alpha value is -0.530. The molecule has 0 aromatic rings. The topological polar surface area (TPSA) is 21.6 Å². The first-order chi connectivity index (χ1) is 4.89. The fraction of sp³-hybridized carbons (Fsp3) is 0.889. The molecule has 1 aliphatic heterocycles. The molecular formula is C9H19NO. The molecule has 0 fully saturated rings. The Morgan fingerprint density at radius 1 is 1.27 bits per heavy atom. The summed E-state index contributed by atoms with van der Waals surface area (Å²) in [4.78, 5) is 4.64. The van der Waals surface area contributed by atoms with E-state index in [0.29, 0.717) is 5.41 Å². The first-order valence-corrected chi connectivity index (χ1v) is 4.05. The van der Waals surface area contributed by atoms with Gasteiger partial charge < -0.3 is 4.84 Å². The average molecular weight is 157 g/mol. The summed E-state index contributed by atoms with van der Waals surface area (Å²) in [5.41, 5.74) is 1.61. The van der Waals surface area contributed by atoms with Gasteiger partial charge in [0, 0.05) is 6.42 Å². The van der Waals surface area contributed by atoms with Crippen LogP contribution in [-0.4, -0.2) is 12.3 Å². The van der Waals surface area contributed by atoms with Crippen LogP contribution in [0.15, 0.2) is 5.16 Å². The second-order valence-electron chi connectivity index (χ2n) is 4.41. The van der Waals surface area contributed by atoms with Crippen LogP contribution in [0.4, 0.5) is 0 Å². The minimum absolute atomic E-state index is 0.500. The minimum Gasteiger partial charge on any atom is -0.395 e. The number of nitrogens with zero attached hydrogens (tertiary/aromatic N) is 1. The molecule has 0 saturated heterocycles. The predicted octanol–water partition coefficient (Wildman–Crippen LogP) is 2.84. The lowest BCUT2D eigenvalue weighted by molar-refractivity contribution is 0.173. The lowest BCUT2D eigenvalue weighted by Gasteiger charge is -2.05. The van der Waals surface area contributed by atoms with Crippen molar-refractivity contribution in [3.05, 3.63) is 0 Å². The number of hydrogen-bond acceptors (Lipinski definition) is 2. The highest BCUT2D eigenvalue weighted by atomic mass is 16.6. The third kappa shape index (κ3) is 12.6. The van der Waals surface area contributed by atoms with Gasteiger partial charge in [0.2, 0.25) is 0 Å². The van der Waals surface area contributed by atoms with Gasteiger partial charge in [0.15, 0.2) is 0 Å².